The molecule has 4 rings (SSSR count). The highest BCUT2D eigenvalue weighted by Crippen LogP contribution is 2.43. The maximum atomic E-state index is 13.1. The number of aryl methyl sites for hydroxylation is 1. The number of benzene rings is 3. The van der Waals surface area contributed by atoms with Crippen molar-refractivity contribution in [1.82, 2.24) is 0 Å². The predicted molar refractivity (Wildman–Crippen MR) is 124 cm³/mol. The highest BCUT2D eigenvalue weighted by atomic mass is 16.5. The number of nitrogens with two attached hydrogens (primary N) is 2. The normalized spacial score (nSPS) is 12.2. The van der Waals surface area contributed by atoms with Crippen LogP contribution in [0.25, 0.3) is 32.9 Å². The van der Waals surface area contributed by atoms with Crippen molar-refractivity contribution < 1.29 is 18.8 Å². The molecule has 3 aromatic carbocycles. The summed E-state index contributed by atoms with van der Waals surface area (Å²) < 4.78 is 13.3. The molecule has 0 aliphatic carbocycles. The van der Waals surface area contributed by atoms with Crippen molar-refractivity contribution in [3.05, 3.63) is 60.2 Å². The summed E-state index contributed by atoms with van der Waals surface area (Å²) in [7, 11) is 5.18. The SMILES string of the molecule is COc1cc(-c2c3ccccc3[n+](C)c3cccc(C(=O)[C@H](C)N)c23)c(OC)cc1N. The molecule has 0 saturated carbocycles. The van der Waals surface area contributed by atoms with Crippen molar-refractivity contribution in [3.63, 3.8) is 0 Å². The summed E-state index contributed by atoms with van der Waals surface area (Å²) in [6.45, 7) is 1.70. The number of carbonyl (C=O) groups excluding carboxylic acids is 1. The van der Waals surface area contributed by atoms with E-state index in [4.69, 9.17) is 20.9 Å². The van der Waals surface area contributed by atoms with Gasteiger partial charge in [-0.3, -0.25) is 4.79 Å². The van der Waals surface area contributed by atoms with Crippen molar-refractivity contribution in [2.24, 2.45) is 12.8 Å². The molecular formula is C25H26N3O3+. The maximum absolute atomic E-state index is 13.1. The van der Waals surface area contributed by atoms with Crippen LogP contribution in [0, 0.1) is 0 Å². The molecule has 6 heteroatoms. The van der Waals surface area contributed by atoms with E-state index < -0.39 is 6.04 Å². The largest absolute Gasteiger partial charge is 0.496 e. The first-order valence-corrected chi connectivity index (χ1v) is 10.0. The lowest BCUT2D eigenvalue weighted by Crippen LogP contribution is -2.32. The molecule has 4 N–H and O–H groups in total. The van der Waals surface area contributed by atoms with Gasteiger partial charge < -0.3 is 20.9 Å². The molecule has 31 heavy (non-hydrogen) atoms. The fraction of sp³-hybridized carbons (Fsp3) is 0.200. The Labute approximate surface area is 181 Å². The zero-order valence-electron chi connectivity index (χ0n) is 18.1. The Morgan fingerprint density at radius 3 is 2.32 bits per heavy atom. The van der Waals surface area contributed by atoms with Crippen LogP contribution in [-0.4, -0.2) is 26.0 Å². The van der Waals surface area contributed by atoms with Gasteiger partial charge in [-0.05, 0) is 19.1 Å². The highest BCUT2D eigenvalue weighted by Gasteiger charge is 2.27. The highest BCUT2D eigenvalue weighted by molar-refractivity contribution is 6.18. The molecular weight excluding hydrogens is 390 g/mol. The summed E-state index contributed by atoms with van der Waals surface area (Å²) in [6.07, 6.45) is 0. The third kappa shape index (κ3) is 3.25. The van der Waals surface area contributed by atoms with Gasteiger partial charge in [-0.25, -0.2) is 0 Å². The van der Waals surface area contributed by atoms with E-state index in [2.05, 4.69) is 10.6 Å². The number of anilines is 1. The van der Waals surface area contributed by atoms with E-state index in [9.17, 15) is 4.79 Å². The van der Waals surface area contributed by atoms with E-state index in [-0.39, 0.29) is 5.78 Å². The Morgan fingerprint density at radius 2 is 1.65 bits per heavy atom. The van der Waals surface area contributed by atoms with Crippen LogP contribution in [0.4, 0.5) is 5.69 Å². The second-order valence-electron chi connectivity index (χ2n) is 7.60. The molecule has 1 heterocycles. The monoisotopic (exact) mass is 416 g/mol. The fourth-order valence-corrected chi connectivity index (χ4v) is 4.17. The topological polar surface area (TPSA) is 91.5 Å². The molecule has 0 saturated heterocycles. The number of Topliss-reactive ketones (excluding diaryl/α,β-unsaturated/α-hetero) is 1. The number of rotatable bonds is 5. The second kappa shape index (κ2) is 7.89. The van der Waals surface area contributed by atoms with Crippen molar-refractivity contribution in [3.8, 4) is 22.6 Å². The van der Waals surface area contributed by atoms with Gasteiger partial charge in [0.2, 0.25) is 11.0 Å². The number of nitrogens with zero attached hydrogens (tertiary/aromatic N) is 1. The number of ketones is 1. The second-order valence-corrected chi connectivity index (χ2v) is 7.60. The number of ether oxygens (including phenoxy) is 2. The number of carbonyl (C=O) groups is 1. The zero-order valence-corrected chi connectivity index (χ0v) is 18.1. The van der Waals surface area contributed by atoms with Gasteiger partial charge in [-0.1, -0.05) is 24.3 Å². The molecule has 6 nitrogen and oxygen atoms in total. The lowest BCUT2D eigenvalue weighted by atomic mass is 9.90. The Hall–Kier alpha value is -3.64. The van der Waals surface area contributed by atoms with E-state index in [1.165, 1.54) is 0 Å². The fourth-order valence-electron chi connectivity index (χ4n) is 4.17. The lowest BCUT2D eigenvalue weighted by molar-refractivity contribution is -0.617. The van der Waals surface area contributed by atoms with Gasteiger partial charge in [0.1, 0.15) is 18.5 Å². The van der Waals surface area contributed by atoms with Gasteiger partial charge in [0.15, 0.2) is 5.78 Å². The number of nitrogen functional groups attached to an aromatic ring is 1. The smallest absolute Gasteiger partial charge is 0.214 e. The quantitative estimate of drug-likeness (QED) is 0.224. The number of hydrogen-bond acceptors (Lipinski definition) is 5. The van der Waals surface area contributed by atoms with Crippen LogP contribution >= 0.6 is 0 Å². The third-order valence-electron chi connectivity index (χ3n) is 5.69. The number of para-hydroxylation sites is 1. The molecule has 0 fully saturated rings. The van der Waals surface area contributed by atoms with Crippen LogP contribution in [0.5, 0.6) is 11.5 Å². The molecule has 0 aliphatic heterocycles. The van der Waals surface area contributed by atoms with Gasteiger partial charge in [-0.2, -0.15) is 4.57 Å². The number of pyridine rings is 1. The zero-order chi connectivity index (χ0) is 22.3. The van der Waals surface area contributed by atoms with Crippen molar-refractivity contribution in [1.29, 1.82) is 0 Å². The molecule has 1 aromatic heterocycles. The van der Waals surface area contributed by atoms with Gasteiger partial charge in [0, 0.05) is 34.9 Å². The van der Waals surface area contributed by atoms with Crippen molar-refractivity contribution in [2.75, 3.05) is 20.0 Å². The third-order valence-corrected chi connectivity index (χ3v) is 5.69. The average Bonchev–Trinajstić information content (AvgIpc) is 2.78. The minimum Gasteiger partial charge on any atom is -0.496 e. The first-order valence-electron chi connectivity index (χ1n) is 10.0. The minimum absolute atomic E-state index is 0.122. The summed E-state index contributed by atoms with van der Waals surface area (Å²) in [4.78, 5) is 13.1. The molecule has 0 aliphatic rings. The summed E-state index contributed by atoms with van der Waals surface area (Å²) >= 11 is 0. The summed E-state index contributed by atoms with van der Waals surface area (Å²) in [6, 6.07) is 16.8. The van der Waals surface area contributed by atoms with Crippen LogP contribution < -0.4 is 25.5 Å². The summed E-state index contributed by atoms with van der Waals surface area (Å²) in [5.74, 6) is 1.02. The minimum atomic E-state index is -0.627. The predicted octanol–water partition coefficient (Wildman–Crippen LogP) is 3.61. The molecule has 4 aromatic rings. The lowest BCUT2D eigenvalue weighted by Gasteiger charge is -2.18. The van der Waals surface area contributed by atoms with E-state index in [0.29, 0.717) is 22.7 Å². The van der Waals surface area contributed by atoms with Crippen LogP contribution in [-0.2, 0) is 7.05 Å². The first-order chi connectivity index (χ1) is 14.9. The van der Waals surface area contributed by atoms with Gasteiger partial charge in [0.05, 0.1) is 36.7 Å². The first kappa shape index (κ1) is 20.6. The Morgan fingerprint density at radius 1 is 0.968 bits per heavy atom. The molecule has 158 valence electrons. The number of fused-ring (bicyclic) bond motifs is 2. The molecule has 0 amide bonds. The van der Waals surface area contributed by atoms with Crippen molar-refractivity contribution >= 4 is 33.3 Å². The Kier molecular flexibility index (Phi) is 5.25. The van der Waals surface area contributed by atoms with Crippen LogP contribution in [0.2, 0.25) is 0 Å². The number of aromatic nitrogens is 1. The molecule has 0 radical (unpaired) electrons. The standard InChI is InChI=1S/C25H25N3O3/c1-14(26)25(29)16-9-7-11-20-24(16)23(15-8-5-6-10-19(15)28(20)2)17-12-22(31-4)18(27)13-21(17)30-3/h5-14,27H,26H2,1-4H3/p+1/t14-/m0/s1. The van der Waals surface area contributed by atoms with Crippen LogP contribution in [0.1, 0.15) is 17.3 Å². The average molecular weight is 417 g/mol. The molecule has 1 atom stereocenters. The van der Waals surface area contributed by atoms with Crippen molar-refractivity contribution in [2.45, 2.75) is 13.0 Å². The van der Waals surface area contributed by atoms with Gasteiger partial charge >= 0.3 is 0 Å². The van der Waals surface area contributed by atoms with Gasteiger partial charge in [0.25, 0.3) is 0 Å². The van der Waals surface area contributed by atoms with E-state index in [1.54, 1.807) is 27.2 Å². The Bertz CT molecular complexity index is 1330. The summed E-state index contributed by atoms with van der Waals surface area (Å²) in [5.41, 5.74) is 16.8. The van der Waals surface area contributed by atoms with E-state index >= 15 is 0 Å². The van der Waals surface area contributed by atoms with E-state index in [0.717, 1.165) is 32.9 Å². The molecule has 0 bridgehead atoms. The number of hydrogen-bond donors (Lipinski definition) is 2. The maximum Gasteiger partial charge on any atom is 0.214 e. The van der Waals surface area contributed by atoms with Gasteiger partial charge in [-0.15, -0.1) is 0 Å². The Balaban J connectivity index is 2.28. The summed E-state index contributed by atoms with van der Waals surface area (Å²) in [5, 5.41) is 1.80. The van der Waals surface area contributed by atoms with Crippen LogP contribution in [0.15, 0.2) is 54.6 Å². The number of methoxy groups -OCH3 is 2. The molecule has 0 spiro atoms. The molecule has 0 unspecified atom stereocenters. The van der Waals surface area contributed by atoms with Crippen LogP contribution in [0.3, 0.4) is 0 Å². The van der Waals surface area contributed by atoms with E-state index in [1.807, 2.05) is 49.5 Å².